The number of rotatable bonds is 25. The number of hydrogen-bond acceptors (Lipinski definition) is 9. The van der Waals surface area contributed by atoms with Crippen molar-refractivity contribution in [2.75, 3.05) is 39.3 Å². The topological polar surface area (TPSA) is 224 Å². The second-order valence-corrected chi connectivity index (χ2v) is 12.2. The van der Waals surface area contributed by atoms with Crippen LogP contribution in [0.25, 0.3) is 0 Å². The van der Waals surface area contributed by atoms with Gasteiger partial charge >= 0.3 is 0 Å². The average Bonchev–Trinajstić information content (AvgIpc) is 3.02. The molecule has 0 aromatic heterocycles. The highest BCUT2D eigenvalue weighted by molar-refractivity contribution is 6.15. The molecule has 0 fully saturated rings. The van der Waals surface area contributed by atoms with Crippen LogP contribution in [0.3, 0.4) is 0 Å². The van der Waals surface area contributed by atoms with Gasteiger partial charge in [0.2, 0.25) is 65.3 Å². The molecule has 0 aliphatic rings. The summed E-state index contributed by atoms with van der Waals surface area (Å²) in [7, 11) is 15.2. The van der Waals surface area contributed by atoms with Gasteiger partial charge in [0, 0.05) is 44.3 Å². The van der Waals surface area contributed by atoms with Crippen molar-refractivity contribution in [2.24, 2.45) is 5.41 Å². The molecule has 0 aliphatic heterocycles. The van der Waals surface area contributed by atoms with Gasteiger partial charge in [0.25, 0.3) is 0 Å². The zero-order valence-electron chi connectivity index (χ0n) is 28.3. The molecule has 0 rings (SSSR count). The molecule has 0 unspecified atom stereocenters. The number of nitrogens with one attached hydrogen (secondary N) is 7. The summed E-state index contributed by atoms with van der Waals surface area (Å²) in [5.74, 6) is -3.31. The van der Waals surface area contributed by atoms with Gasteiger partial charge in [-0.3, -0.25) is 43.3 Å². The molecule has 0 aromatic rings. The van der Waals surface area contributed by atoms with E-state index in [4.69, 9.17) is 23.9 Å². The summed E-state index contributed by atoms with van der Waals surface area (Å²) in [5, 5.41) is 16.5. The van der Waals surface area contributed by atoms with Crippen LogP contribution < -0.4 is 37.0 Å². The SMILES string of the molecule is [B]NC(=O)CCCCNC(=O)[C@H](CC(=O)NCCCCNC(=O)CN(CC(=O)N[B])CC(=O)N[B])NC(=O)CCCCC(=O)C(C)(C)C. The minimum atomic E-state index is -1.13. The first-order chi connectivity index (χ1) is 22.6. The smallest absolute Gasteiger partial charge is 0.243 e. The Labute approximate surface area is 286 Å². The van der Waals surface area contributed by atoms with E-state index in [1.807, 2.05) is 36.5 Å². The molecule has 262 valence electrons. The molecule has 0 saturated heterocycles. The van der Waals surface area contributed by atoms with E-state index in [0.717, 1.165) is 0 Å². The van der Waals surface area contributed by atoms with Gasteiger partial charge in [-0.2, -0.15) is 0 Å². The molecule has 0 saturated carbocycles. The van der Waals surface area contributed by atoms with Crippen LogP contribution in [0.5, 0.6) is 0 Å². The lowest BCUT2D eigenvalue weighted by Gasteiger charge is -2.20. The summed E-state index contributed by atoms with van der Waals surface area (Å²) in [6.07, 6.45) is 3.19. The van der Waals surface area contributed by atoms with Gasteiger partial charge in [0.05, 0.1) is 26.1 Å². The number of unbranched alkanes of at least 4 members (excludes halogenated alkanes) is 3. The first-order valence-electron chi connectivity index (χ1n) is 16.0. The van der Waals surface area contributed by atoms with E-state index in [9.17, 15) is 38.4 Å². The summed E-state index contributed by atoms with van der Waals surface area (Å²) in [6.45, 7) is 5.36. The maximum Gasteiger partial charge on any atom is 0.243 e. The van der Waals surface area contributed by atoms with Crippen molar-refractivity contribution >= 4 is 71.1 Å². The molecule has 1 atom stereocenters. The van der Waals surface area contributed by atoms with Gasteiger partial charge in [-0.25, -0.2) is 0 Å². The van der Waals surface area contributed by atoms with Crippen molar-refractivity contribution < 1.29 is 38.4 Å². The number of carbonyl (C=O) groups is 8. The molecule has 0 heterocycles. The predicted molar refractivity (Wildman–Crippen MR) is 180 cm³/mol. The minimum absolute atomic E-state index is 0.0843. The Kier molecular flexibility index (Phi) is 23.1. The van der Waals surface area contributed by atoms with Crippen molar-refractivity contribution in [3.63, 3.8) is 0 Å². The van der Waals surface area contributed by atoms with Gasteiger partial charge in [0.1, 0.15) is 11.8 Å². The third kappa shape index (κ3) is 22.6. The van der Waals surface area contributed by atoms with Crippen molar-refractivity contribution in [1.29, 1.82) is 0 Å². The number of Topliss-reactive ketones (excluding diaryl/α,β-unsaturated/α-hetero) is 1. The third-order valence-corrected chi connectivity index (χ3v) is 6.90. The van der Waals surface area contributed by atoms with Crippen LogP contribution >= 0.6 is 0 Å². The van der Waals surface area contributed by atoms with Gasteiger partial charge in [-0.1, -0.05) is 20.8 Å². The molecule has 6 radical (unpaired) electrons. The summed E-state index contributed by atoms with van der Waals surface area (Å²) in [6, 6.07) is -1.13. The number of nitrogens with zero attached hydrogens (tertiary/aromatic N) is 1. The maximum atomic E-state index is 12.9. The molecule has 0 spiro atoms. The van der Waals surface area contributed by atoms with E-state index in [1.165, 1.54) is 4.90 Å². The third-order valence-electron chi connectivity index (χ3n) is 6.90. The van der Waals surface area contributed by atoms with Crippen molar-refractivity contribution in [3.05, 3.63) is 0 Å². The molecule has 7 amide bonds. The summed E-state index contributed by atoms with van der Waals surface area (Å²) in [4.78, 5) is 98.1. The zero-order valence-corrected chi connectivity index (χ0v) is 28.3. The quantitative estimate of drug-likeness (QED) is 0.0394. The molecule has 0 bridgehead atoms. The lowest BCUT2D eigenvalue weighted by Crippen LogP contribution is -2.49. The highest BCUT2D eigenvalue weighted by atomic mass is 16.2. The van der Waals surface area contributed by atoms with Gasteiger partial charge in [-0.15, -0.1) is 0 Å². The van der Waals surface area contributed by atoms with Crippen LogP contribution in [0, 0.1) is 5.41 Å². The zero-order chi connectivity index (χ0) is 36.5. The average molecular weight is 670 g/mol. The molecule has 48 heavy (non-hydrogen) atoms. The van der Waals surface area contributed by atoms with Gasteiger partial charge < -0.3 is 37.0 Å². The Morgan fingerprint density at radius 2 is 0.979 bits per heavy atom. The molecular weight excluding hydrogens is 621 g/mol. The number of hydrogen-bond donors (Lipinski definition) is 7. The Hall–Kier alpha value is -3.89. The van der Waals surface area contributed by atoms with Crippen molar-refractivity contribution in [3.8, 4) is 0 Å². The van der Waals surface area contributed by atoms with E-state index in [2.05, 4.69) is 21.3 Å². The normalized spacial score (nSPS) is 11.5. The maximum absolute atomic E-state index is 12.9. The van der Waals surface area contributed by atoms with E-state index in [0.29, 0.717) is 44.9 Å². The predicted octanol–water partition coefficient (Wildman–Crippen LogP) is -2.76. The number of amides is 7. The molecule has 0 aromatic carbocycles. The second kappa shape index (κ2) is 25.2. The van der Waals surface area contributed by atoms with Crippen LogP contribution in [-0.4, -0.2) is 121 Å². The fourth-order valence-corrected chi connectivity index (χ4v) is 4.13. The summed E-state index contributed by atoms with van der Waals surface area (Å²) >= 11 is 0. The molecule has 0 aliphatic carbocycles. The van der Waals surface area contributed by atoms with Crippen LogP contribution in [0.2, 0.25) is 0 Å². The second-order valence-electron chi connectivity index (χ2n) is 12.2. The van der Waals surface area contributed by atoms with Gasteiger partial charge in [-0.05, 0) is 38.5 Å². The molecular formula is C29H49B3N8O8. The fraction of sp³-hybridized carbons (Fsp3) is 0.724. The lowest BCUT2D eigenvalue weighted by atomic mass is 9.88. The fourth-order valence-electron chi connectivity index (χ4n) is 4.13. The van der Waals surface area contributed by atoms with E-state index >= 15 is 0 Å². The van der Waals surface area contributed by atoms with E-state index in [-0.39, 0.29) is 70.2 Å². The Morgan fingerprint density at radius 3 is 1.52 bits per heavy atom. The standard InChI is InChI=1S/C29H49B3N8O8/c1-29(2,3)21(41)10-4-5-11-22(42)36-20(28(48)35-15-7-6-12-23(43)37-30)16-24(44)33-13-8-9-14-34-25(45)17-40(18-26(46)38-31)19-27(47)39-32/h20H,4-19H2,1-3H3,(H,33,44)(H,34,45)(H,35,48)(H,36,42)(H,37,43)(H,38,46)(H,39,47)/t20-/m0/s1. The van der Waals surface area contributed by atoms with Crippen LogP contribution in [0.1, 0.15) is 85.0 Å². The Bertz CT molecular complexity index is 1070. The van der Waals surface area contributed by atoms with Gasteiger partial charge in [0.15, 0.2) is 0 Å². The van der Waals surface area contributed by atoms with Crippen molar-refractivity contribution in [2.45, 2.75) is 91.0 Å². The number of carbonyl (C=O) groups excluding carboxylic acids is 8. The van der Waals surface area contributed by atoms with E-state index < -0.39 is 46.9 Å². The molecule has 7 N–H and O–H groups in total. The highest BCUT2D eigenvalue weighted by Crippen LogP contribution is 2.18. The Morgan fingerprint density at radius 1 is 0.542 bits per heavy atom. The van der Waals surface area contributed by atoms with Crippen molar-refractivity contribution in [1.82, 2.24) is 41.9 Å². The molecule has 16 nitrogen and oxygen atoms in total. The minimum Gasteiger partial charge on any atom is -0.409 e. The van der Waals surface area contributed by atoms with Crippen LogP contribution in [-0.2, 0) is 38.4 Å². The first-order valence-corrected chi connectivity index (χ1v) is 16.0. The monoisotopic (exact) mass is 670 g/mol. The van der Waals surface area contributed by atoms with Crippen LogP contribution in [0.15, 0.2) is 0 Å². The molecule has 19 heteroatoms. The first kappa shape index (κ1) is 44.1. The largest absolute Gasteiger partial charge is 0.409 e. The van der Waals surface area contributed by atoms with Crippen LogP contribution in [0.4, 0.5) is 0 Å². The lowest BCUT2D eigenvalue weighted by molar-refractivity contribution is -0.132. The summed E-state index contributed by atoms with van der Waals surface area (Å²) in [5.41, 5.74) is -0.459. The highest BCUT2D eigenvalue weighted by Gasteiger charge is 2.24. The number of ketones is 1. The van der Waals surface area contributed by atoms with E-state index in [1.54, 1.807) is 0 Å². The summed E-state index contributed by atoms with van der Waals surface area (Å²) < 4.78 is 0. The Balaban J connectivity index is 4.78.